The van der Waals surface area contributed by atoms with Gasteiger partial charge in [0.2, 0.25) is 5.91 Å². The standard InChI is InChI=1S/C11H13ClN2O2/c1-6-5-8(12)3-4-9(6)11(16)14-7(2)10(13)15/h3-5,7H,1-2H3,(H2,13,15)(H,14,16)/t7-/m0/s1. The fourth-order valence-corrected chi connectivity index (χ4v) is 1.45. The molecule has 3 N–H and O–H groups in total. The molecule has 0 spiro atoms. The zero-order chi connectivity index (χ0) is 12.3. The maximum absolute atomic E-state index is 11.7. The highest BCUT2D eigenvalue weighted by atomic mass is 35.5. The molecular formula is C11H13ClN2O2. The van der Waals surface area contributed by atoms with Crippen molar-refractivity contribution in [3.05, 3.63) is 34.3 Å². The van der Waals surface area contributed by atoms with E-state index in [9.17, 15) is 9.59 Å². The predicted molar refractivity (Wildman–Crippen MR) is 62.3 cm³/mol. The van der Waals surface area contributed by atoms with E-state index >= 15 is 0 Å². The molecule has 0 saturated heterocycles. The summed E-state index contributed by atoms with van der Waals surface area (Å²) < 4.78 is 0. The molecule has 0 aromatic heterocycles. The molecule has 1 aromatic rings. The largest absolute Gasteiger partial charge is 0.368 e. The average molecular weight is 241 g/mol. The third-order valence-corrected chi connectivity index (χ3v) is 2.44. The molecule has 1 rings (SSSR count). The fraction of sp³-hybridized carbons (Fsp3) is 0.273. The lowest BCUT2D eigenvalue weighted by Crippen LogP contribution is -2.42. The van der Waals surface area contributed by atoms with Gasteiger partial charge in [-0.1, -0.05) is 11.6 Å². The molecule has 5 heteroatoms. The number of nitrogens with one attached hydrogen (secondary N) is 1. The molecule has 4 nitrogen and oxygen atoms in total. The number of halogens is 1. The van der Waals surface area contributed by atoms with Gasteiger partial charge in [-0.3, -0.25) is 9.59 Å². The SMILES string of the molecule is Cc1cc(Cl)ccc1C(=O)N[C@@H](C)C(N)=O. The first-order valence-electron chi connectivity index (χ1n) is 4.78. The van der Waals surface area contributed by atoms with Gasteiger partial charge in [0.1, 0.15) is 6.04 Å². The molecule has 2 amide bonds. The molecule has 0 radical (unpaired) electrons. The topological polar surface area (TPSA) is 72.2 Å². The normalized spacial score (nSPS) is 11.9. The maximum atomic E-state index is 11.7. The van der Waals surface area contributed by atoms with Crippen molar-refractivity contribution < 1.29 is 9.59 Å². The highest BCUT2D eigenvalue weighted by Crippen LogP contribution is 2.15. The van der Waals surface area contributed by atoms with Crippen molar-refractivity contribution in [2.75, 3.05) is 0 Å². The van der Waals surface area contributed by atoms with E-state index in [1.807, 2.05) is 0 Å². The van der Waals surface area contributed by atoms with Crippen LogP contribution >= 0.6 is 11.6 Å². The summed E-state index contributed by atoms with van der Waals surface area (Å²) in [5.74, 6) is -0.902. The predicted octanol–water partition coefficient (Wildman–Crippen LogP) is 1.25. The number of primary amides is 1. The second kappa shape index (κ2) is 4.99. The number of benzene rings is 1. The molecule has 0 fully saturated rings. The van der Waals surface area contributed by atoms with E-state index in [0.29, 0.717) is 10.6 Å². The number of carbonyl (C=O) groups is 2. The van der Waals surface area contributed by atoms with Crippen molar-refractivity contribution in [1.82, 2.24) is 5.32 Å². The smallest absolute Gasteiger partial charge is 0.252 e. The first kappa shape index (κ1) is 12.5. The minimum atomic E-state index is -0.692. The van der Waals surface area contributed by atoms with Gasteiger partial charge in [0.15, 0.2) is 0 Å². The van der Waals surface area contributed by atoms with Crippen LogP contribution in [0.15, 0.2) is 18.2 Å². The molecule has 1 aromatic carbocycles. The zero-order valence-electron chi connectivity index (χ0n) is 9.08. The number of carbonyl (C=O) groups excluding carboxylic acids is 2. The molecule has 0 aliphatic carbocycles. The summed E-state index contributed by atoms with van der Waals surface area (Å²) in [4.78, 5) is 22.5. The third-order valence-electron chi connectivity index (χ3n) is 2.21. The van der Waals surface area contributed by atoms with Crippen LogP contribution in [0.3, 0.4) is 0 Å². The van der Waals surface area contributed by atoms with E-state index in [2.05, 4.69) is 5.32 Å². The van der Waals surface area contributed by atoms with Crippen molar-refractivity contribution in [2.45, 2.75) is 19.9 Å². The van der Waals surface area contributed by atoms with Crippen molar-refractivity contribution >= 4 is 23.4 Å². The van der Waals surface area contributed by atoms with E-state index in [-0.39, 0.29) is 5.91 Å². The molecule has 0 unspecified atom stereocenters. The average Bonchev–Trinajstić information content (AvgIpc) is 2.16. The van der Waals surface area contributed by atoms with Gasteiger partial charge < -0.3 is 11.1 Å². The number of rotatable bonds is 3. The number of hydrogen-bond donors (Lipinski definition) is 2. The highest BCUT2D eigenvalue weighted by molar-refractivity contribution is 6.30. The lowest BCUT2D eigenvalue weighted by Gasteiger charge is -2.11. The Hall–Kier alpha value is -1.55. The van der Waals surface area contributed by atoms with Gasteiger partial charge in [0.25, 0.3) is 5.91 Å². The van der Waals surface area contributed by atoms with Gasteiger partial charge in [-0.25, -0.2) is 0 Å². The minimum absolute atomic E-state index is 0.333. The minimum Gasteiger partial charge on any atom is -0.368 e. The van der Waals surface area contributed by atoms with Crippen LogP contribution in [0, 0.1) is 6.92 Å². The molecular weight excluding hydrogens is 228 g/mol. The molecule has 0 bridgehead atoms. The van der Waals surface area contributed by atoms with Crippen LogP contribution in [0.5, 0.6) is 0 Å². The van der Waals surface area contributed by atoms with Crippen LogP contribution in [0.25, 0.3) is 0 Å². The van der Waals surface area contributed by atoms with Crippen LogP contribution in [-0.2, 0) is 4.79 Å². The Morgan fingerprint density at radius 3 is 2.56 bits per heavy atom. The number of aryl methyl sites for hydroxylation is 1. The van der Waals surface area contributed by atoms with Gasteiger partial charge in [-0.15, -0.1) is 0 Å². The van der Waals surface area contributed by atoms with Gasteiger partial charge in [-0.05, 0) is 37.6 Å². The Morgan fingerprint density at radius 2 is 2.06 bits per heavy atom. The summed E-state index contributed by atoms with van der Waals surface area (Å²) in [7, 11) is 0. The van der Waals surface area contributed by atoms with Crippen molar-refractivity contribution in [2.24, 2.45) is 5.73 Å². The molecule has 0 aliphatic heterocycles. The molecule has 1 atom stereocenters. The Bertz CT molecular complexity index is 432. The van der Waals surface area contributed by atoms with E-state index in [1.165, 1.54) is 6.92 Å². The molecule has 86 valence electrons. The molecule has 16 heavy (non-hydrogen) atoms. The van der Waals surface area contributed by atoms with Crippen LogP contribution in [0.1, 0.15) is 22.8 Å². The molecule has 0 saturated carbocycles. The van der Waals surface area contributed by atoms with E-state index < -0.39 is 11.9 Å². The van der Waals surface area contributed by atoms with E-state index in [1.54, 1.807) is 25.1 Å². The summed E-state index contributed by atoms with van der Waals surface area (Å²) in [6.45, 7) is 3.31. The van der Waals surface area contributed by atoms with Gasteiger partial charge in [0.05, 0.1) is 0 Å². The van der Waals surface area contributed by atoms with Crippen molar-refractivity contribution in [1.29, 1.82) is 0 Å². The van der Waals surface area contributed by atoms with Crippen LogP contribution in [0.2, 0.25) is 5.02 Å². The maximum Gasteiger partial charge on any atom is 0.252 e. The van der Waals surface area contributed by atoms with Crippen LogP contribution in [0.4, 0.5) is 0 Å². The Balaban J connectivity index is 2.85. The van der Waals surface area contributed by atoms with Crippen molar-refractivity contribution in [3.63, 3.8) is 0 Å². The molecule has 0 heterocycles. The highest BCUT2D eigenvalue weighted by Gasteiger charge is 2.15. The number of hydrogen-bond acceptors (Lipinski definition) is 2. The summed E-state index contributed by atoms with van der Waals surface area (Å²) >= 11 is 5.77. The van der Waals surface area contributed by atoms with Gasteiger partial charge in [-0.2, -0.15) is 0 Å². The van der Waals surface area contributed by atoms with Crippen LogP contribution < -0.4 is 11.1 Å². The summed E-state index contributed by atoms with van der Waals surface area (Å²) in [5.41, 5.74) is 6.29. The third kappa shape index (κ3) is 2.97. The monoisotopic (exact) mass is 240 g/mol. The summed E-state index contributed by atoms with van der Waals surface area (Å²) in [6, 6.07) is 4.23. The van der Waals surface area contributed by atoms with E-state index in [4.69, 9.17) is 17.3 Å². The zero-order valence-corrected chi connectivity index (χ0v) is 9.84. The van der Waals surface area contributed by atoms with Crippen LogP contribution in [-0.4, -0.2) is 17.9 Å². The lowest BCUT2D eigenvalue weighted by molar-refractivity contribution is -0.119. The second-order valence-corrected chi connectivity index (χ2v) is 3.99. The fourth-order valence-electron chi connectivity index (χ4n) is 1.23. The summed E-state index contributed by atoms with van der Waals surface area (Å²) in [5, 5.41) is 3.07. The lowest BCUT2D eigenvalue weighted by atomic mass is 10.1. The van der Waals surface area contributed by atoms with Gasteiger partial charge >= 0.3 is 0 Å². The Kier molecular flexibility index (Phi) is 3.90. The quantitative estimate of drug-likeness (QED) is 0.835. The first-order chi connectivity index (χ1) is 7.41. The number of amides is 2. The van der Waals surface area contributed by atoms with Gasteiger partial charge in [0, 0.05) is 10.6 Å². The number of nitrogens with two attached hydrogens (primary N) is 1. The second-order valence-electron chi connectivity index (χ2n) is 3.56. The van der Waals surface area contributed by atoms with Crippen molar-refractivity contribution in [3.8, 4) is 0 Å². The summed E-state index contributed by atoms with van der Waals surface area (Å²) in [6.07, 6.45) is 0. The van der Waals surface area contributed by atoms with E-state index in [0.717, 1.165) is 5.56 Å². The Morgan fingerprint density at radius 1 is 1.44 bits per heavy atom. The molecule has 0 aliphatic rings. The first-order valence-corrected chi connectivity index (χ1v) is 5.16. The Labute approximate surface area is 98.8 Å².